The summed E-state index contributed by atoms with van der Waals surface area (Å²) in [6.45, 7) is 0.413. The minimum absolute atomic E-state index is 0.363. The fourth-order valence-corrected chi connectivity index (χ4v) is 1.95. The predicted molar refractivity (Wildman–Crippen MR) is 72.6 cm³/mol. The third-order valence-corrected chi connectivity index (χ3v) is 3.63. The Morgan fingerprint density at radius 2 is 1.94 bits per heavy atom. The van der Waals surface area contributed by atoms with Gasteiger partial charge in [-0.3, -0.25) is 0 Å². The quantitative estimate of drug-likeness (QED) is 0.915. The van der Waals surface area contributed by atoms with E-state index in [2.05, 4.69) is 41.8 Å². The van der Waals surface area contributed by atoms with Gasteiger partial charge in [0.1, 0.15) is 23.2 Å². The SMILES string of the molecule is Nc1ncnc(OCc2ccccc2Br)c1Br. The first-order valence-electron chi connectivity index (χ1n) is 4.80. The van der Waals surface area contributed by atoms with E-state index in [0.29, 0.717) is 22.8 Å². The highest BCUT2D eigenvalue weighted by atomic mass is 79.9. The molecule has 2 rings (SSSR count). The summed E-state index contributed by atoms with van der Waals surface area (Å²) in [5, 5.41) is 0. The molecule has 0 fully saturated rings. The lowest BCUT2D eigenvalue weighted by atomic mass is 10.2. The minimum atomic E-state index is 0.363. The van der Waals surface area contributed by atoms with Crippen LogP contribution in [-0.2, 0) is 6.61 Å². The van der Waals surface area contributed by atoms with E-state index in [9.17, 15) is 0 Å². The molecular formula is C11H9Br2N3O. The average Bonchev–Trinajstić information content (AvgIpc) is 2.33. The lowest BCUT2D eigenvalue weighted by Gasteiger charge is -2.08. The van der Waals surface area contributed by atoms with E-state index in [0.717, 1.165) is 10.0 Å². The number of halogens is 2. The van der Waals surface area contributed by atoms with Gasteiger partial charge in [0.25, 0.3) is 0 Å². The summed E-state index contributed by atoms with van der Waals surface area (Å²) in [4.78, 5) is 7.85. The maximum absolute atomic E-state index is 5.63. The van der Waals surface area contributed by atoms with Crippen LogP contribution in [0.4, 0.5) is 5.82 Å². The topological polar surface area (TPSA) is 61.0 Å². The number of nitrogens with zero attached hydrogens (tertiary/aromatic N) is 2. The van der Waals surface area contributed by atoms with Crippen molar-refractivity contribution >= 4 is 37.7 Å². The Kier molecular flexibility index (Phi) is 3.96. The van der Waals surface area contributed by atoms with Gasteiger partial charge in [0, 0.05) is 10.0 Å². The van der Waals surface area contributed by atoms with Crippen LogP contribution in [0.25, 0.3) is 0 Å². The summed E-state index contributed by atoms with van der Waals surface area (Å²) in [7, 11) is 0. The van der Waals surface area contributed by atoms with Crippen molar-refractivity contribution in [3.63, 3.8) is 0 Å². The molecule has 1 aromatic heterocycles. The highest BCUT2D eigenvalue weighted by Crippen LogP contribution is 2.27. The number of anilines is 1. The molecule has 0 aliphatic carbocycles. The van der Waals surface area contributed by atoms with Gasteiger partial charge in [0.15, 0.2) is 0 Å². The van der Waals surface area contributed by atoms with Crippen LogP contribution >= 0.6 is 31.9 Å². The molecule has 0 amide bonds. The largest absolute Gasteiger partial charge is 0.472 e. The summed E-state index contributed by atoms with van der Waals surface area (Å²) in [5.74, 6) is 0.801. The molecule has 88 valence electrons. The second-order valence-corrected chi connectivity index (χ2v) is 4.91. The molecule has 2 aromatic rings. The van der Waals surface area contributed by atoms with Crippen molar-refractivity contribution in [2.75, 3.05) is 5.73 Å². The molecule has 2 N–H and O–H groups in total. The van der Waals surface area contributed by atoms with Crippen molar-refractivity contribution < 1.29 is 4.74 Å². The number of nitrogens with two attached hydrogens (primary N) is 1. The number of hydrogen-bond donors (Lipinski definition) is 1. The fraction of sp³-hybridized carbons (Fsp3) is 0.0909. The van der Waals surface area contributed by atoms with Crippen LogP contribution in [0.1, 0.15) is 5.56 Å². The Morgan fingerprint density at radius 3 is 2.71 bits per heavy atom. The van der Waals surface area contributed by atoms with Gasteiger partial charge >= 0.3 is 0 Å². The van der Waals surface area contributed by atoms with Gasteiger partial charge < -0.3 is 10.5 Å². The third kappa shape index (κ3) is 2.95. The van der Waals surface area contributed by atoms with E-state index < -0.39 is 0 Å². The summed E-state index contributed by atoms with van der Waals surface area (Å²) >= 11 is 6.74. The monoisotopic (exact) mass is 357 g/mol. The zero-order chi connectivity index (χ0) is 12.3. The van der Waals surface area contributed by atoms with Gasteiger partial charge in [-0.1, -0.05) is 34.1 Å². The highest BCUT2D eigenvalue weighted by molar-refractivity contribution is 9.11. The van der Waals surface area contributed by atoms with E-state index in [1.165, 1.54) is 6.33 Å². The van der Waals surface area contributed by atoms with Crippen molar-refractivity contribution in [2.24, 2.45) is 0 Å². The Morgan fingerprint density at radius 1 is 1.18 bits per heavy atom. The molecular weight excluding hydrogens is 350 g/mol. The van der Waals surface area contributed by atoms with Gasteiger partial charge in [-0.2, -0.15) is 0 Å². The van der Waals surface area contributed by atoms with Crippen molar-refractivity contribution in [3.05, 3.63) is 45.1 Å². The number of aromatic nitrogens is 2. The molecule has 0 aliphatic rings. The molecule has 0 saturated heterocycles. The van der Waals surface area contributed by atoms with Gasteiger partial charge in [-0.25, -0.2) is 9.97 Å². The maximum Gasteiger partial charge on any atom is 0.233 e. The lowest BCUT2D eigenvalue weighted by molar-refractivity contribution is 0.290. The lowest BCUT2D eigenvalue weighted by Crippen LogP contribution is -2.01. The standard InChI is InChI=1S/C11H9Br2N3O/c12-8-4-2-1-3-7(8)5-17-11-9(13)10(14)15-6-16-11/h1-4,6H,5H2,(H2,14,15,16). The number of rotatable bonds is 3. The zero-order valence-electron chi connectivity index (χ0n) is 8.73. The summed E-state index contributed by atoms with van der Waals surface area (Å²) in [6.07, 6.45) is 1.37. The summed E-state index contributed by atoms with van der Waals surface area (Å²) < 4.78 is 7.15. The Bertz CT molecular complexity index is 534. The minimum Gasteiger partial charge on any atom is -0.472 e. The van der Waals surface area contributed by atoms with E-state index in [-0.39, 0.29) is 0 Å². The average molecular weight is 359 g/mol. The van der Waals surface area contributed by atoms with Crippen LogP contribution in [0.3, 0.4) is 0 Å². The van der Waals surface area contributed by atoms with Crippen LogP contribution in [0, 0.1) is 0 Å². The van der Waals surface area contributed by atoms with Crippen LogP contribution in [0.2, 0.25) is 0 Å². The molecule has 0 spiro atoms. The van der Waals surface area contributed by atoms with Gasteiger partial charge in [0.05, 0.1) is 0 Å². The zero-order valence-corrected chi connectivity index (χ0v) is 11.9. The number of ether oxygens (including phenoxy) is 1. The summed E-state index contributed by atoms with van der Waals surface area (Å²) in [5.41, 5.74) is 6.67. The maximum atomic E-state index is 5.63. The summed E-state index contributed by atoms with van der Waals surface area (Å²) in [6, 6.07) is 7.84. The Balaban J connectivity index is 2.13. The molecule has 17 heavy (non-hydrogen) atoms. The van der Waals surface area contributed by atoms with Crippen LogP contribution in [-0.4, -0.2) is 9.97 Å². The Hall–Kier alpha value is -1.14. The first-order chi connectivity index (χ1) is 8.18. The molecule has 0 bridgehead atoms. The van der Waals surface area contributed by atoms with Crippen LogP contribution in [0.5, 0.6) is 5.88 Å². The third-order valence-electron chi connectivity index (χ3n) is 2.11. The van der Waals surface area contributed by atoms with Gasteiger partial charge in [-0.05, 0) is 22.0 Å². The van der Waals surface area contributed by atoms with Crippen LogP contribution < -0.4 is 10.5 Å². The van der Waals surface area contributed by atoms with Crippen molar-refractivity contribution in [1.82, 2.24) is 9.97 Å². The van der Waals surface area contributed by atoms with E-state index in [4.69, 9.17) is 10.5 Å². The van der Waals surface area contributed by atoms with E-state index >= 15 is 0 Å². The van der Waals surface area contributed by atoms with Crippen molar-refractivity contribution in [2.45, 2.75) is 6.61 Å². The molecule has 0 atom stereocenters. The number of hydrogen-bond acceptors (Lipinski definition) is 4. The smallest absolute Gasteiger partial charge is 0.233 e. The molecule has 0 radical (unpaired) electrons. The van der Waals surface area contributed by atoms with E-state index in [1.807, 2.05) is 24.3 Å². The number of nitrogen functional groups attached to an aromatic ring is 1. The molecule has 4 nitrogen and oxygen atoms in total. The normalized spacial score (nSPS) is 10.2. The van der Waals surface area contributed by atoms with Gasteiger partial charge in [-0.15, -0.1) is 0 Å². The van der Waals surface area contributed by atoms with Gasteiger partial charge in [0.2, 0.25) is 5.88 Å². The van der Waals surface area contributed by atoms with Crippen molar-refractivity contribution in [3.8, 4) is 5.88 Å². The molecule has 0 saturated carbocycles. The van der Waals surface area contributed by atoms with Crippen LogP contribution in [0.15, 0.2) is 39.5 Å². The molecule has 6 heteroatoms. The fourth-order valence-electron chi connectivity index (χ4n) is 1.23. The Labute approximate surface area is 115 Å². The first-order valence-corrected chi connectivity index (χ1v) is 6.39. The second kappa shape index (κ2) is 5.46. The van der Waals surface area contributed by atoms with Crippen molar-refractivity contribution in [1.29, 1.82) is 0 Å². The first kappa shape index (κ1) is 12.3. The second-order valence-electron chi connectivity index (χ2n) is 3.26. The molecule has 0 aliphatic heterocycles. The molecule has 0 unspecified atom stereocenters. The number of benzene rings is 1. The molecule has 1 aromatic carbocycles. The van der Waals surface area contributed by atoms with E-state index in [1.54, 1.807) is 0 Å². The predicted octanol–water partition coefficient (Wildman–Crippen LogP) is 3.16. The highest BCUT2D eigenvalue weighted by Gasteiger charge is 2.08. The molecule has 1 heterocycles.